The van der Waals surface area contributed by atoms with Gasteiger partial charge in [-0.05, 0) is 6.42 Å². The van der Waals surface area contributed by atoms with Gasteiger partial charge in [0.1, 0.15) is 16.1 Å². The van der Waals surface area contributed by atoms with Crippen LogP contribution in [0.4, 0.5) is 0 Å². The molecular formula is C11H12N2O3S. The van der Waals surface area contributed by atoms with Crippen LogP contribution in [0.15, 0.2) is 6.07 Å². The smallest absolute Gasteiger partial charge is 0.356 e. The van der Waals surface area contributed by atoms with Gasteiger partial charge in [0.15, 0.2) is 5.69 Å². The van der Waals surface area contributed by atoms with Crippen molar-refractivity contribution in [3.05, 3.63) is 16.8 Å². The summed E-state index contributed by atoms with van der Waals surface area (Å²) in [5.74, 6) is 0.0722. The number of nitrogens with zero attached hydrogens (tertiary/aromatic N) is 2. The lowest BCUT2D eigenvalue weighted by atomic mass is 10.3. The van der Waals surface area contributed by atoms with Crippen LogP contribution in [0.3, 0.4) is 0 Å². The Bertz CT molecular complexity index is 565. The lowest BCUT2D eigenvalue weighted by Gasteiger charge is -2.03. The fourth-order valence-corrected chi connectivity index (χ4v) is 2.33. The van der Waals surface area contributed by atoms with E-state index in [-0.39, 0.29) is 5.69 Å². The molecule has 17 heavy (non-hydrogen) atoms. The fraction of sp³-hybridized carbons (Fsp3) is 0.364. The molecule has 0 aliphatic rings. The number of pyridine rings is 1. The molecule has 0 aromatic carbocycles. The third kappa shape index (κ3) is 2.08. The van der Waals surface area contributed by atoms with E-state index >= 15 is 0 Å². The number of hydrogen-bond acceptors (Lipinski definition) is 6. The van der Waals surface area contributed by atoms with Gasteiger partial charge in [-0.2, -0.15) is 0 Å². The molecule has 2 aromatic rings. The van der Waals surface area contributed by atoms with Crippen molar-refractivity contribution in [3.8, 4) is 5.75 Å². The molecule has 0 N–H and O–H groups in total. The van der Waals surface area contributed by atoms with E-state index in [1.807, 2.05) is 6.92 Å². The summed E-state index contributed by atoms with van der Waals surface area (Å²) >= 11 is 1.46. The zero-order chi connectivity index (χ0) is 12.4. The van der Waals surface area contributed by atoms with Crippen LogP contribution < -0.4 is 4.74 Å². The third-order valence-electron chi connectivity index (χ3n) is 2.29. The molecule has 0 fully saturated rings. The summed E-state index contributed by atoms with van der Waals surface area (Å²) < 4.78 is 9.86. The van der Waals surface area contributed by atoms with Crippen molar-refractivity contribution >= 4 is 27.7 Å². The van der Waals surface area contributed by atoms with Crippen LogP contribution >= 0.6 is 11.3 Å². The molecule has 0 radical (unpaired) electrons. The minimum atomic E-state index is -0.475. The number of thiazole rings is 1. The Morgan fingerprint density at radius 3 is 2.76 bits per heavy atom. The molecule has 0 unspecified atom stereocenters. The first-order valence-corrected chi connectivity index (χ1v) is 5.94. The Kier molecular flexibility index (Phi) is 3.23. The molecule has 0 saturated heterocycles. The maximum Gasteiger partial charge on any atom is 0.356 e. The molecule has 0 aliphatic heterocycles. The Morgan fingerprint density at radius 1 is 1.41 bits per heavy atom. The molecular weight excluding hydrogens is 240 g/mol. The molecule has 6 heteroatoms. The van der Waals surface area contributed by atoms with Gasteiger partial charge in [-0.1, -0.05) is 18.3 Å². The first kappa shape index (κ1) is 11.8. The second-order valence-electron chi connectivity index (χ2n) is 3.32. The Labute approximate surface area is 102 Å². The summed E-state index contributed by atoms with van der Waals surface area (Å²) in [4.78, 5) is 20.8. The average molecular weight is 252 g/mol. The molecule has 0 saturated carbocycles. The van der Waals surface area contributed by atoms with Crippen LogP contribution in [0.5, 0.6) is 5.75 Å². The summed E-state index contributed by atoms with van der Waals surface area (Å²) in [5.41, 5.74) is 0.935. The van der Waals surface area contributed by atoms with Gasteiger partial charge in [-0.15, -0.1) is 0 Å². The highest BCUT2D eigenvalue weighted by molar-refractivity contribution is 7.18. The van der Waals surface area contributed by atoms with Crippen molar-refractivity contribution < 1.29 is 14.3 Å². The Hall–Kier alpha value is -1.69. The van der Waals surface area contributed by atoms with E-state index < -0.39 is 5.97 Å². The van der Waals surface area contributed by atoms with Gasteiger partial charge in [-0.25, -0.2) is 14.8 Å². The summed E-state index contributed by atoms with van der Waals surface area (Å²) in [5, 5.41) is 0.966. The molecule has 0 bridgehead atoms. The number of ether oxygens (including phenoxy) is 2. The van der Waals surface area contributed by atoms with E-state index in [0.29, 0.717) is 16.1 Å². The number of methoxy groups -OCH3 is 2. The van der Waals surface area contributed by atoms with Crippen molar-refractivity contribution in [2.24, 2.45) is 0 Å². The summed E-state index contributed by atoms with van der Waals surface area (Å²) in [6, 6.07) is 1.55. The molecule has 0 spiro atoms. The molecule has 5 nitrogen and oxygen atoms in total. The molecule has 90 valence electrons. The number of rotatable bonds is 3. The second kappa shape index (κ2) is 4.67. The number of hydrogen-bond donors (Lipinski definition) is 0. The van der Waals surface area contributed by atoms with Gasteiger partial charge >= 0.3 is 5.97 Å². The maximum absolute atomic E-state index is 11.4. The van der Waals surface area contributed by atoms with Crippen LogP contribution in [0.2, 0.25) is 0 Å². The van der Waals surface area contributed by atoms with Gasteiger partial charge in [0.2, 0.25) is 0 Å². The highest BCUT2D eigenvalue weighted by Crippen LogP contribution is 2.29. The Balaban J connectivity index is 2.64. The molecule has 2 aromatic heterocycles. The normalized spacial score (nSPS) is 10.5. The van der Waals surface area contributed by atoms with Gasteiger partial charge in [-0.3, -0.25) is 0 Å². The van der Waals surface area contributed by atoms with E-state index in [1.54, 1.807) is 13.2 Å². The number of fused-ring (bicyclic) bond motifs is 1. The van der Waals surface area contributed by atoms with E-state index in [2.05, 4.69) is 14.7 Å². The zero-order valence-corrected chi connectivity index (χ0v) is 10.6. The van der Waals surface area contributed by atoms with Crippen LogP contribution in [0, 0.1) is 0 Å². The van der Waals surface area contributed by atoms with Crippen molar-refractivity contribution in [3.63, 3.8) is 0 Å². The molecule has 0 aliphatic carbocycles. The van der Waals surface area contributed by atoms with Crippen molar-refractivity contribution in [1.82, 2.24) is 9.97 Å². The molecule has 0 amide bonds. The quantitative estimate of drug-likeness (QED) is 0.782. The van der Waals surface area contributed by atoms with Gasteiger partial charge in [0, 0.05) is 6.07 Å². The van der Waals surface area contributed by atoms with Crippen LogP contribution in [0.25, 0.3) is 10.3 Å². The van der Waals surface area contributed by atoms with E-state index in [9.17, 15) is 4.79 Å². The van der Waals surface area contributed by atoms with Crippen molar-refractivity contribution in [2.45, 2.75) is 13.3 Å². The largest absolute Gasteiger partial charge is 0.494 e. The summed E-state index contributed by atoms with van der Waals surface area (Å²) in [6.07, 6.45) is 0.831. The molecule has 2 heterocycles. The monoisotopic (exact) mass is 252 g/mol. The van der Waals surface area contributed by atoms with Gasteiger partial charge < -0.3 is 9.47 Å². The van der Waals surface area contributed by atoms with Crippen LogP contribution in [-0.2, 0) is 11.2 Å². The average Bonchev–Trinajstić information content (AvgIpc) is 2.79. The van der Waals surface area contributed by atoms with Crippen LogP contribution in [0.1, 0.15) is 22.4 Å². The van der Waals surface area contributed by atoms with E-state index in [4.69, 9.17) is 4.74 Å². The summed E-state index contributed by atoms with van der Waals surface area (Å²) in [6.45, 7) is 2.02. The maximum atomic E-state index is 11.4. The third-order valence-corrected chi connectivity index (χ3v) is 3.39. The van der Waals surface area contributed by atoms with Crippen molar-refractivity contribution in [2.75, 3.05) is 14.2 Å². The summed E-state index contributed by atoms with van der Waals surface area (Å²) in [7, 11) is 2.87. The predicted molar refractivity (Wildman–Crippen MR) is 64.7 cm³/mol. The zero-order valence-electron chi connectivity index (χ0n) is 9.81. The predicted octanol–water partition coefficient (Wildman–Crippen LogP) is 2.05. The standard InChI is InChI=1S/C11H12N2O3S/c1-4-8-13-9-7(15-2)5-6(11(14)16-3)12-10(9)17-8/h5H,4H2,1-3H3. The Morgan fingerprint density at radius 2 is 2.18 bits per heavy atom. The van der Waals surface area contributed by atoms with E-state index in [1.165, 1.54) is 18.4 Å². The van der Waals surface area contributed by atoms with Crippen molar-refractivity contribution in [1.29, 1.82) is 0 Å². The first-order chi connectivity index (χ1) is 8.19. The highest BCUT2D eigenvalue weighted by Gasteiger charge is 2.16. The highest BCUT2D eigenvalue weighted by atomic mass is 32.1. The number of carbonyl (C=O) groups is 1. The topological polar surface area (TPSA) is 61.3 Å². The molecule has 0 atom stereocenters. The number of carbonyl (C=O) groups excluding carboxylic acids is 1. The first-order valence-electron chi connectivity index (χ1n) is 5.12. The number of aryl methyl sites for hydroxylation is 1. The fourth-order valence-electron chi connectivity index (χ4n) is 1.44. The lowest BCUT2D eigenvalue weighted by molar-refractivity contribution is 0.0594. The van der Waals surface area contributed by atoms with Crippen LogP contribution in [-0.4, -0.2) is 30.2 Å². The van der Waals surface area contributed by atoms with E-state index in [0.717, 1.165) is 11.4 Å². The second-order valence-corrected chi connectivity index (χ2v) is 4.38. The molecule has 2 rings (SSSR count). The minimum Gasteiger partial charge on any atom is -0.494 e. The SMILES string of the molecule is CCc1nc2c(OC)cc(C(=O)OC)nc2s1. The number of aromatic nitrogens is 2. The van der Waals surface area contributed by atoms with Gasteiger partial charge in [0.25, 0.3) is 0 Å². The lowest BCUT2D eigenvalue weighted by Crippen LogP contribution is -2.04. The number of esters is 1. The minimum absolute atomic E-state index is 0.239. The van der Waals surface area contributed by atoms with Gasteiger partial charge in [0.05, 0.1) is 19.2 Å².